The van der Waals surface area contributed by atoms with Gasteiger partial charge in [0, 0.05) is 5.92 Å². The predicted molar refractivity (Wildman–Crippen MR) is 79.6 cm³/mol. The van der Waals surface area contributed by atoms with Crippen LogP contribution in [-0.4, -0.2) is 23.0 Å². The molecule has 2 atom stereocenters. The molecule has 4 fully saturated rings. The zero-order chi connectivity index (χ0) is 15.1. The molecule has 0 saturated heterocycles. The van der Waals surface area contributed by atoms with Crippen molar-refractivity contribution in [2.75, 3.05) is 0 Å². The Morgan fingerprint density at radius 2 is 1.62 bits per heavy atom. The first kappa shape index (κ1) is 14.9. The zero-order valence-corrected chi connectivity index (χ0v) is 13.0. The molecule has 4 heteroatoms. The lowest BCUT2D eigenvalue weighted by molar-refractivity contribution is -0.148. The highest BCUT2D eigenvalue weighted by Gasteiger charge is 2.51. The van der Waals surface area contributed by atoms with Gasteiger partial charge in [-0.15, -0.1) is 0 Å². The summed E-state index contributed by atoms with van der Waals surface area (Å²) in [6.45, 7) is 3.87. The number of carboxylic acids is 1. The average Bonchev–Trinajstić information content (AvgIpc) is 2.42. The van der Waals surface area contributed by atoms with Crippen molar-refractivity contribution in [1.29, 1.82) is 0 Å². The third-order valence-electron chi connectivity index (χ3n) is 6.31. The number of carbonyl (C=O) groups excluding carboxylic acids is 1. The van der Waals surface area contributed by atoms with Gasteiger partial charge in [-0.3, -0.25) is 4.79 Å². The van der Waals surface area contributed by atoms with E-state index in [1.165, 1.54) is 32.1 Å². The lowest BCUT2D eigenvalue weighted by atomic mass is 9.51. The quantitative estimate of drug-likeness (QED) is 0.819. The van der Waals surface area contributed by atoms with Crippen LogP contribution in [0, 0.1) is 35.5 Å². The van der Waals surface area contributed by atoms with Gasteiger partial charge in [0.15, 0.2) is 0 Å². The van der Waals surface area contributed by atoms with Gasteiger partial charge in [-0.1, -0.05) is 20.3 Å². The molecule has 0 aromatic heterocycles. The van der Waals surface area contributed by atoms with Crippen LogP contribution in [0.4, 0.5) is 0 Å². The lowest BCUT2D eigenvalue weighted by Gasteiger charge is -2.53. The lowest BCUT2D eigenvalue weighted by Crippen LogP contribution is -2.54. The highest BCUT2D eigenvalue weighted by Crippen LogP contribution is 2.56. The van der Waals surface area contributed by atoms with E-state index in [0.717, 1.165) is 18.3 Å². The average molecular weight is 293 g/mol. The maximum absolute atomic E-state index is 12.7. The molecule has 1 unspecified atom stereocenters. The molecular weight excluding hydrogens is 266 g/mol. The van der Waals surface area contributed by atoms with Gasteiger partial charge in [0.1, 0.15) is 6.04 Å². The number of amides is 1. The summed E-state index contributed by atoms with van der Waals surface area (Å²) in [5.74, 6) is 1.84. The van der Waals surface area contributed by atoms with E-state index in [-0.39, 0.29) is 17.7 Å². The zero-order valence-electron chi connectivity index (χ0n) is 13.0. The van der Waals surface area contributed by atoms with Gasteiger partial charge < -0.3 is 10.4 Å². The van der Waals surface area contributed by atoms with E-state index < -0.39 is 12.0 Å². The normalized spacial score (nSPS) is 39.8. The molecule has 4 bridgehead atoms. The molecule has 4 saturated carbocycles. The van der Waals surface area contributed by atoms with E-state index in [4.69, 9.17) is 0 Å². The number of carboxylic acid groups (broad SMARTS) is 1. The standard InChI is InChI=1S/C17H27NO3/c1-3-9(2)15(17(20)21)18-16(19)14-12-5-10-4-11(7-12)8-13(14)6-10/h9-15H,3-8H2,1-2H3,(H,18,19)(H,20,21)/t9?,10?,11?,12?,13?,14?,15-/m0/s1. The molecule has 2 N–H and O–H groups in total. The first-order chi connectivity index (χ1) is 9.99. The molecule has 0 aromatic rings. The molecule has 0 heterocycles. The van der Waals surface area contributed by atoms with Gasteiger partial charge in [-0.2, -0.15) is 0 Å². The number of hydrogen-bond acceptors (Lipinski definition) is 2. The highest BCUT2D eigenvalue weighted by atomic mass is 16.4. The summed E-state index contributed by atoms with van der Waals surface area (Å²) >= 11 is 0. The van der Waals surface area contributed by atoms with Crippen molar-refractivity contribution >= 4 is 11.9 Å². The molecule has 4 nitrogen and oxygen atoms in total. The molecule has 0 aliphatic heterocycles. The monoisotopic (exact) mass is 293 g/mol. The van der Waals surface area contributed by atoms with Crippen molar-refractivity contribution in [3.05, 3.63) is 0 Å². The summed E-state index contributed by atoms with van der Waals surface area (Å²) in [4.78, 5) is 24.1. The molecule has 118 valence electrons. The molecule has 1 amide bonds. The van der Waals surface area contributed by atoms with Crippen LogP contribution in [0.2, 0.25) is 0 Å². The molecule has 0 aromatic carbocycles. The fourth-order valence-corrected chi connectivity index (χ4v) is 5.29. The number of aliphatic carboxylic acids is 1. The van der Waals surface area contributed by atoms with Crippen LogP contribution in [-0.2, 0) is 9.59 Å². The molecular formula is C17H27NO3. The number of nitrogens with one attached hydrogen (secondary N) is 1. The summed E-state index contributed by atoms with van der Waals surface area (Å²) in [5.41, 5.74) is 0. The number of carbonyl (C=O) groups is 2. The fraction of sp³-hybridized carbons (Fsp3) is 0.882. The third-order valence-corrected chi connectivity index (χ3v) is 6.31. The summed E-state index contributed by atoms with van der Waals surface area (Å²) in [6, 6.07) is -0.736. The maximum atomic E-state index is 12.7. The van der Waals surface area contributed by atoms with E-state index in [0.29, 0.717) is 11.8 Å². The minimum absolute atomic E-state index is 0.0106. The minimum atomic E-state index is -0.901. The van der Waals surface area contributed by atoms with E-state index in [2.05, 4.69) is 5.32 Å². The van der Waals surface area contributed by atoms with Crippen molar-refractivity contribution in [2.45, 2.75) is 58.4 Å². The van der Waals surface area contributed by atoms with E-state index in [1.807, 2.05) is 13.8 Å². The minimum Gasteiger partial charge on any atom is -0.480 e. The second-order valence-corrected chi connectivity index (χ2v) is 7.67. The SMILES string of the molecule is CCC(C)[C@H](NC(=O)C1C2CC3CC(C2)CC1C3)C(=O)O. The smallest absolute Gasteiger partial charge is 0.326 e. The summed E-state index contributed by atoms with van der Waals surface area (Å²) in [6.07, 6.45) is 6.88. The first-order valence-corrected chi connectivity index (χ1v) is 8.52. The van der Waals surface area contributed by atoms with Gasteiger partial charge in [0.2, 0.25) is 5.91 Å². The van der Waals surface area contributed by atoms with Crippen LogP contribution in [0.15, 0.2) is 0 Å². The van der Waals surface area contributed by atoms with Gasteiger partial charge >= 0.3 is 5.97 Å². The van der Waals surface area contributed by atoms with Gasteiger partial charge in [0.25, 0.3) is 0 Å². The van der Waals surface area contributed by atoms with Crippen LogP contribution in [0.25, 0.3) is 0 Å². The molecule has 4 rings (SSSR count). The van der Waals surface area contributed by atoms with Crippen LogP contribution in [0.1, 0.15) is 52.4 Å². The van der Waals surface area contributed by atoms with Gasteiger partial charge in [-0.05, 0) is 61.7 Å². The van der Waals surface area contributed by atoms with Crippen molar-refractivity contribution in [1.82, 2.24) is 5.32 Å². The third kappa shape index (κ3) is 2.69. The molecule has 21 heavy (non-hydrogen) atoms. The fourth-order valence-electron chi connectivity index (χ4n) is 5.29. The van der Waals surface area contributed by atoms with Crippen LogP contribution >= 0.6 is 0 Å². The number of rotatable bonds is 5. The summed E-state index contributed by atoms with van der Waals surface area (Å²) in [5, 5.41) is 12.2. The Morgan fingerprint density at radius 3 is 2.05 bits per heavy atom. The summed E-state index contributed by atoms with van der Waals surface area (Å²) in [7, 11) is 0. The topological polar surface area (TPSA) is 66.4 Å². The van der Waals surface area contributed by atoms with E-state index >= 15 is 0 Å². The summed E-state index contributed by atoms with van der Waals surface area (Å²) < 4.78 is 0. The number of hydrogen-bond donors (Lipinski definition) is 2. The van der Waals surface area contributed by atoms with Crippen molar-refractivity contribution in [3.8, 4) is 0 Å². The van der Waals surface area contributed by atoms with Crippen LogP contribution < -0.4 is 5.32 Å². The Hall–Kier alpha value is -1.06. The Kier molecular flexibility index (Phi) is 3.98. The predicted octanol–water partition coefficient (Wildman–Crippen LogP) is 2.67. The Bertz CT molecular complexity index is 406. The molecule has 4 aliphatic rings. The van der Waals surface area contributed by atoms with E-state index in [9.17, 15) is 14.7 Å². The Labute approximate surface area is 126 Å². The Balaban J connectivity index is 1.69. The van der Waals surface area contributed by atoms with Crippen molar-refractivity contribution in [3.63, 3.8) is 0 Å². The van der Waals surface area contributed by atoms with Crippen LogP contribution in [0.5, 0.6) is 0 Å². The molecule has 0 radical (unpaired) electrons. The van der Waals surface area contributed by atoms with Crippen molar-refractivity contribution < 1.29 is 14.7 Å². The highest BCUT2D eigenvalue weighted by molar-refractivity contribution is 5.85. The van der Waals surface area contributed by atoms with Crippen molar-refractivity contribution in [2.24, 2.45) is 35.5 Å². The van der Waals surface area contributed by atoms with E-state index in [1.54, 1.807) is 0 Å². The Morgan fingerprint density at radius 1 is 1.10 bits per heavy atom. The second-order valence-electron chi connectivity index (χ2n) is 7.67. The van der Waals surface area contributed by atoms with Crippen LogP contribution in [0.3, 0.4) is 0 Å². The maximum Gasteiger partial charge on any atom is 0.326 e. The molecule has 4 aliphatic carbocycles. The van der Waals surface area contributed by atoms with Gasteiger partial charge in [-0.25, -0.2) is 4.79 Å². The second kappa shape index (κ2) is 5.62. The van der Waals surface area contributed by atoms with Gasteiger partial charge in [0.05, 0.1) is 0 Å². The molecule has 0 spiro atoms. The first-order valence-electron chi connectivity index (χ1n) is 8.52. The largest absolute Gasteiger partial charge is 0.480 e.